The van der Waals surface area contributed by atoms with Gasteiger partial charge in [-0.2, -0.15) is 0 Å². The number of carboxylic acids is 1. The second-order valence-electron chi connectivity index (χ2n) is 5.79. The number of aliphatic carboxylic acids is 1. The van der Waals surface area contributed by atoms with E-state index in [-0.39, 0.29) is 12.0 Å². The summed E-state index contributed by atoms with van der Waals surface area (Å²) in [5.74, 6) is -0.0319. The Kier molecular flexibility index (Phi) is 6.69. The smallest absolute Gasteiger partial charge is 0.308 e. The fraction of sp³-hybridized carbons (Fsp3) is 0.933. The number of nitrogens with zero attached hydrogens (tertiary/aromatic N) is 1. The van der Waals surface area contributed by atoms with Crippen molar-refractivity contribution in [1.82, 2.24) is 4.90 Å². The summed E-state index contributed by atoms with van der Waals surface area (Å²) in [5.41, 5.74) is 0. The molecule has 0 heterocycles. The second kappa shape index (κ2) is 7.78. The van der Waals surface area contributed by atoms with Gasteiger partial charge >= 0.3 is 5.97 Å². The summed E-state index contributed by atoms with van der Waals surface area (Å²) in [6, 6.07) is 0.248. The van der Waals surface area contributed by atoms with E-state index in [2.05, 4.69) is 25.8 Å². The number of hydrogen-bond donors (Lipinski definition) is 1. The van der Waals surface area contributed by atoms with Crippen LogP contribution < -0.4 is 0 Å². The van der Waals surface area contributed by atoms with Gasteiger partial charge in [0.25, 0.3) is 0 Å². The fourth-order valence-corrected chi connectivity index (χ4v) is 3.15. The van der Waals surface area contributed by atoms with E-state index in [9.17, 15) is 9.90 Å². The maximum absolute atomic E-state index is 11.4. The first-order chi connectivity index (χ1) is 8.60. The van der Waals surface area contributed by atoms with Crippen molar-refractivity contribution >= 4 is 5.97 Å². The Morgan fingerprint density at radius 2 is 2.00 bits per heavy atom. The van der Waals surface area contributed by atoms with Crippen LogP contribution in [0.4, 0.5) is 0 Å². The SMILES string of the molecule is CCCCCN(C)C1CC(CC)CCC1C(=O)O. The van der Waals surface area contributed by atoms with Gasteiger partial charge in [-0.15, -0.1) is 0 Å². The highest BCUT2D eigenvalue weighted by molar-refractivity contribution is 5.71. The molecule has 3 nitrogen and oxygen atoms in total. The van der Waals surface area contributed by atoms with Crippen LogP contribution in [0.15, 0.2) is 0 Å². The highest BCUT2D eigenvalue weighted by Gasteiger charge is 2.36. The van der Waals surface area contributed by atoms with E-state index in [0.717, 1.165) is 31.7 Å². The van der Waals surface area contributed by atoms with Gasteiger partial charge in [0, 0.05) is 6.04 Å². The van der Waals surface area contributed by atoms with Crippen LogP contribution in [0.1, 0.15) is 58.8 Å². The van der Waals surface area contributed by atoms with Crippen molar-refractivity contribution in [1.29, 1.82) is 0 Å². The molecule has 1 aliphatic carbocycles. The molecule has 0 aromatic rings. The summed E-state index contributed by atoms with van der Waals surface area (Å²) in [6.45, 7) is 5.46. The molecule has 0 aromatic carbocycles. The van der Waals surface area contributed by atoms with Crippen molar-refractivity contribution in [2.24, 2.45) is 11.8 Å². The number of carbonyl (C=O) groups is 1. The van der Waals surface area contributed by atoms with Crippen LogP contribution in [0.5, 0.6) is 0 Å². The van der Waals surface area contributed by atoms with E-state index < -0.39 is 5.97 Å². The van der Waals surface area contributed by atoms with E-state index >= 15 is 0 Å². The lowest BCUT2D eigenvalue weighted by Gasteiger charge is -2.39. The minimum absolute atomic E-state index is 0.153. The number of rotatable bonds is 7. The van der Waals surface area contributed by atoms with Crippen LogP contribution in [0.25, 0.3) is 0 Å². The summed E-state index contributed by atoms with van der Waals surface area (Å²) < 4.78 is 0. The average molecular weight is 255 g/mol. The number of unbranched alkanes of at least 4 members (excludes halogenated alkanes) is 2. The Morgan fingerprint density at radius 3 is 2.56 bits per heavy atom. The Balaban J connectivity index is 2.56. The number of carboxylic acid groups (broad SMARTS) is 1. The maximum Gasteiger partial charge on any atom is 0.308 e. The topological polar surface area (TPSA) is 40.5 Å². The standard InChI is InChI=1S/C15H29NO2/c1-4-6-7-10-16(3)14-11-12(5-2)8-9-13(14)15(17)18/h12-14H,4-11H2,1-3H3,(H,17,18). The van der Waals surface area contributed by atoms with Gasteiger partial charge in [0.1, 0.15) is 0 Å². The maximum atomic E-state index is 11.4. The zero-order chi connectivity index (χ0) is 13.5. The van der Waals surface area contributed by atoms with Gasteiger partial charge in [0.15, 0.2) is 0 Å². The molecule has 0 amide bonds. The lowest BCUT2D eigenvalue weighted by molar-refractivity contribution is -0.146. The molecule has 0 radical (unpaired) electrons. The quantitative estimate of drug-likeness (QED) is 0.709. The van der Waals surface area contributed by atoms with E-state index in [0.29, 0.717) is 0 Å². The lowest BCUT2D eigenvalue weighted by atomic mass is 9.76. The van der Waals surface area contributed by atoms with Gasteiger partial charge in [-0.25, -0.2) is 0 Å². The van der Waals surface area contributed by atoms with Gasteiger partial charge in [-0.3, -0.25) is 4.79 Å². The highest BCUT2D eigenvalue weighted by atomic mass is 16.4. The summed E-state index contributed by atoms with van der Waals surface area (Å²) in [5, 5.41) is 9.36. The molecule has 1 rings (SSSR count). The molecule has 3 heteroatoms. The molecule has 3 unspecified atom stereocenters. The molecular weight excluding hydrogens is 226 g/mol. The average Bonchev–Trinajstić information content (AvgIpc) is 2.38. The summed E-state index contributed by atoms with van der Waals surface area (Å²) in [6.07, 6.45) is 7.85. The zero-order valence-electron chi connectivity index (χ0n) is 12.2. The Labute approximate surface area is 112 Å². The molecule has 18 heavy (non-hydrogen) atoms. The van der Waals surface area contributed by atoms with Gasteiger partial charge in [0.05, 0.1) is 5.92 Å². The summed E-state index contributed by atoms with van der Waals surface area (Å²) in [4.78, 5) is 13.7. The Morgan fingerprint density at radius 1 is 1.28 bits per heavy atom. The van der Waals surface area contributed by atoms with Crippen molar-refractivity contribution < 1.29 is 9.90 Å². The van der Waals surface area contributed by atoms with Crippen molar-refractivity contribution in [3.05, 3.63) is 0 Å². The molecule has 106 valence electrons. The molecule has 1 aliphatic rings. The van der Waals surface area contributed by atoms with Crippen molar-refractivity contribution in [2.75, 3.05) is 13.6 Å². The van der Waals surface area contributed by atoms with Gasteiger partial charge < -0.3 is 10.0 Å². The third-order valence-corrected chi connectivity index (χ3v) is 4.50. The van der Waals surface area contributed by atoms with E-state index in [4.69, 9.17) is 0 Å². The fourth-order valence-electron chi connectivity index (χ4n) is 3.15. The minimum Gasteiger partial charge on any atom is -0.481 e. The first-order valence-corrected chi connectivity index (χ1v) is 7.53. The molecule has 3 atom stereocenters. The Bertz CT molecular complexity index is 255. The first-order valence-electron chi connectivity index (χ1n) is 7.53. The first kappa shape index (κ1) is 15.5. The monoisotopic (exact) mass is 255 g/mol. The molecule has 1 N–H and O–H groups in total. The molecule has 0 bridgehead atoms. The lowest BCUT2D eigenvalue weighted by Crippen LogP contribution is -2.45. The molecule has 0 spiro atoms. The normalized spacial score (nSPS) is 28.6. The molecule has 0 aliphatic heterocycles. The van der Waals surface area contributed by atoms with Gasteiger partial charge in [-0.1, -0.05) is 33.1 Å². The van der Waals surface area contributed by atoms with Crippen molar-refractivity contribution in [3.63, 3.8) is 0 Å². The predicted octanol–water partition coefficient (Wildman–Crippen LogP) is 3.39. The molecule has 1 saturated carbocycles. The predicted molar refractivity (Wildman–Crippen MR) is 74.7 cm³/mol. The molecule has 0 aromatic heterocycles. The summed E-state index contributed by atoms with van der Waals surface area (Å²) >= 11 is 0. The van der Waals surface area contributed by atoms with E-state index in [1.165, 1.54) is 25.7 Å². The van der Waals surface area contributed by atoms with Crippen LogP contribution in [-0.4, -0.2) is 35.6 Å². The molecular formula is C15H29NO2. The van der Waals surface area contributed by atoms with Crippen molar-refractivity contribution in [2.45, 2.75) is 64.8 Å². The zero-order valence-corrected chi connectivity index (χ0v) is 12.2. The van der Waals surface area contributed by atoms with Crippen LogP contribution >= 0.6 is 0 Å². The van der Waals surface area contributed by atoms with Crippen LogP contribution in [-0.2, 0) is 4.79 Å². The minimum atomic E-state index is -0.600. The van der Waals surface area contributed by atoms with Crippen LogP contribution in [0.2, 0.25) is 0 Å². The molecule has 0 saturated heterocycles. The second-order valence-corrected chi connectivity index (χ2v) is 5.79. The third kappa shape index (κ3) is 4.27. The van der Waals surface area contributed by atoms with Crippen LogP contribution in [0, 0.1) is 11.8 Å². The van der Waals surface area contributed by atoms with Gasteiger partial charge in [-0.05, 0) is 45.2 Å². The van der Waals surface area contributed by atoms with Gasteiger partial charge in [0.2, 0.25) is 0 Å². The third-order valence-electron chi connectivity index (χ3n) is 4.50. The highest BCUT2D eigenvalue weighted by Crippen LogP contribution is 2.33. The van der Waals surface area contributed by atoms with E-state index in [1.54, 1.807) is 0 Å². The number of hydrogen-bond acceptors (Lipinski definition) is 2. The summed E-state index contributed by atoms with van der Waals surface area (Å²) in [7, 11) is 2.11. The largest absolute Gasteiger partial charge is 0.481 e. The van der Waals surface area contributed by atoms with E-state index in [1.807, 2.05) is 0 Å². The van der Waals surface area contributed by atoms with Crippen LogP contribution in [0.3, 0.4) is 0 Å². The molecule has 1 fully saturated rings. The van der Waals surface area contributed by atoms with Crippen molar-refractivity contribution in [3.8, 4) is 0 Å². The Hall–Kier alpha value is -0.570.